The molecule has 5 atom stereocenters. The second-order valence-corrected chi connectivity index (χ2v) is 9.01. The number of carboxylic acid groups (broad SMARTS) is 1. The van der Waals surface area contributed by atoms with Crippen LogP contribution in [-0.2, 0) is 19.2 Å². The zero-order valence-corrected chi connectivity index (χ0v) is 20.1. The molecule has 0 spiro atoms. The van der Waals surface area contributed by atoms with Gasteiger partial charge < -0.3 is 37.6 Å². The van der Waals surface area contributed by atoms with Crippen LogP contribution in [0.15, 0.2) is 0 Å². The molecule has 0 aliphatic carbocycles. The lowest BCUT2D eigenvalue weighted by molar-refractivity contribution is -0.142. The number of aliphatic hydroxyl groups excluding tert-OH is 1. The molecule has 0 heterocycles. The summed E-state index contributed by atoms with van der Waals surface area (Å²) in [6, 6.07) is -4.27. The third-order valence-electron chi connectivity index (χ3n) is 4.87. The number of amides is 3. The molecular weight excluding hydrogens is 438 g/mol. The lowest BCUT2D eigenvalue weighted by Gasteiger charge is -2.27. The minimum Gasteiger partial charge on any atom is -0.480 e. The van der Waals surface area contributed by atoms with Crippen LogP contribution < -0.4 is 27.4 Å². The molecule has 32 heavy (non-hydrogen) atoms. The smallest absolute Gasteiger partial charge is 0.326 e. The van der Waals surface area contributed by atoms with Gasteiger partial charge in [-0.2, -0.15) is 11.8 Å². The van der Waals surface area contributed by atoms with Crippen molar-refractivity contribution in [3.8, 4) is 0 Å². The van der Waals surface area contributed by atoms with Gasteiger partial charge in [-0.15, -0.1) is 0 Å². The average molecular weight is 478 g/mol. The number of hydrogen-bond donors (Lipinski definition) is 7. The molecule has 5 unspecified atom stereocenters. The van der Waals surface area contributed by atoms with E-state index in [4.69, 9.17) is 11.5 Å². The maximum Gasteiger partial charge on any atom is 0.326 e. The van der Waals surface area contributed by atoms with Crippen molar-refractivity contribution in [2.24, 2.45) is 17.4 Å². The summed E-state index contributed by atoms with van der Waals surface area (Å²) in [6.45, 7) is 5.21. The van der Waals surface area contributed by atoms with Gasteiger partial charge in [-0.25, -0.2) is 4.79 Å². The molecule has 0 aromatic carbocycles. The number of nitrogens with one attached hydrogen (secondary N) is 3. The average Bonchev–Trinajstić information content (AvgIpc) is 2.72. The molecule has 0 rings (SSSR count). The molecule has 3 amide bonds. The molecule has 0 aromatic heterocycles. The van der Waals surface area contributed by atoms with Crippen LogP contribution in [0, 0.1) is 5.92 Å². The highest BCUT2D eigenvalue weighted by molar-refractivity contribution is 7.98. The molecule has 0 bridgehead atoms. The number of hydrogen-bond acceptors (Lipinski definition) is 8. The molecule has 12 heteroatoms. The van der Waals surface area contributed by atoms with Crippen molar-refractivity contribution in [2.45, 2.75) is 76.7 Å². The van der Waals surface area contributed by atoms with Gasteiger partial charge in [0.15, 0.2) is 0 Å². The zero-order chi connectivity index (χ0) is 24.8. The largest absolute Gasteiger partial charge is 0.480 e. The van der Waals surface area contributed by atoms with E-state index in [0.29, 0.717) is 25.1 Å². The number of thioether (sulfide) groups is 1. The van der Waals surface area contributed by atoms with Crippen molar-refractivity contribution in [3.05, 3.63) is 0 Å². The monoisotopic (exact) mass is 477 g/mol. The van der Waals surface area contributed by atoms with Crippen molar-refractivity contribution < 1.29 is 29.4 Å². The number of aliphatic hydroxyl groups is 1. The van der Waals surface area contributed by atoms with Gasteiger partial charge in [-0.05, 0) is 57.1 Å². The van der Waals surface area contributed by atoms with E-state index in [1.165, 1.54) is 18.7 Å². The Hall–Kier alpha value is -1.89. The van der Waals surface area contributed by atoms with Gasteiger partial charge in [0.25, 0.3) is 0 Å². The third-order valence-corrected chi connectivity index (χ3v) is 5.52. The molecule has 0 aliphatic rings. The van der Waals surface area contributed by atoms with Crippen molar-refractivity contribution >= 4 is 35.5 Å². The molecule has 11 nitrogen and oxygen atoms in total. The minimum atomic E-state index is -1.21. The second-order valence-electron chi connectivity index (χ2n) is 8.02. The lowest BCUT2D eigenvalue weighted by atomic mass is 10.0. The fourth-order valence-corrected chi connectivity index (χ4v) is 3.26. The Morgan fingerprint density at radius 3 is 1.97 bits per heavy atom. The van der Waals surface area contributed by atoms with Gasteiger partial charge >= 0.3 is 5.97 Å². The van der Waals surface area contributed by atoms with Crippen LogP contribution in [0.5, 0.6) is 0 Å². The molecule has 9 N–H and O–H groups in total. The first-order chi connectivity index (χ1) is 15.0. The van der Waals surface area contributed by atoms with Crippen LogP contribution in [0.25, 0.3) is 0 Å². The third kappa shape index (κ3) is 11.1. The van der Waals surface area contributed by atoms with Crippen LogP contribution in [0.2, 0.25) is 0 Å². The molecule has 0 aromatic rings. The van der Waals surface area contributed by atoms with Gasteiger partial charge in [0.1, 0.15) is 24.2 Å². The normalized spacial score (nSPS) is 15.9. The number of rotatable bonds is 16. The van der Waals surface area contributed by atoms with Gasteiger partial charge in [-0.1, -0.05) is 13.8 Å². The van der Waals surface area contributed by atoms with Crippen molar-refractivity contribution in [2.75, 3.05) is 18.6 Å². The first kappa shape index (κ1) is 30.1. The molecule has 186 valence electrons. The summed E-state index contributed by atoms with van der Waals surface area (Å²) >= 11 is 1.46. The highest BCUT2D eigenvalue weighted by atomic mass is 32.2. The summed E-state index contributed by atoms with van der Waals surface area (Å²) in [5, 5.41) is 26.5. The number of unbranched alkanes of at least 4 members (excludes halogenated alkanes) is 1. The fourth-order valence-electron chi connectivity index (χ4n) is 2.79. The highest BCUT2D eigenvalue weighted by Crippen LogP contribution is 2.08. The minimum absolute atomic E-state index is 0.246. The van der Waals surface area contributed by atoms with Crippen molar-refractivity contribution in [1.29, 1.82) is 0 Å². The summed E-state index contributed by atoms with van der Waals surface area (Å²) in [6.07, 6.45) is 2.42. The van der Waals surface area contributed by atoms with E-state index in [1.807, 2.05) is 6.26 Å². The Morgan fingerprint density at radius 2 is 1.50 bits per heavy atom. The van der Waals surface area contributed by atoms with Crippen molar-refractivity contribution in [3.63, 3.8) is 0 Å². The molecular formula is C20H39N5O6S. The summed E-state index contributed by atoms with van der Waals surface area (Å²) in [5.74, 6) is -2.85. The zero-order valence-electron chi connectivity index (χ0n) is 19.3. The lowest BCUT2D eigenvalue weighted by Crippen LogP contribution is -2.59. The van der Waals surface area contributed by atoms with Crippen LogP contribution in [-0.4, -0.2) is 82.7 Å². The summed E-state index contributed by atoms with van der Waals surface area (Å²) in [5.41, 5.74) is 11.2. The van der Waals surface area contributed by atoms with Gasteiger partial charge in [0.2, 0.25) is 17.7 Å². The molecule has 0 aliphatic heterocycles. The summed E-state index contributed by atoms with van der Waals surface area (Å²) in [4.78, 5) is 49.4. The number of aliphatic carboxylic acids is 1. The summed E-state index contributed by atoms with van der Waals surface area (Å²) < 4.78 is 0. The van der Waals surface area contributed by atoms with E-state index in [1.54, 1.807) is 13.8 Å². The highest BCUT2D eigenvalue weighted by Gasteiger charge is 2.32. The Labute approximate surface area is 193 Å². The van der Waals surface area contributed by atoms with Gasteiger partial charge in [0.05, 0.1) is 6.10 Å². The van der Waals surface area contributed by atoms with Crippen molar-refractivity contribution in [1.82, 2.24) is 16.0 Å². The predicted octanol–water partition coefficient (Wildman–Crippen LogP) is -1.23. The van der Waals surface area contributed by atoms with E-state index >= 15 is 0 Å². The second kappa shape index (κ2) is 15.8. The fraction of sp³-hybridized carbons (Fsp3) is 0.800. The number of carboxylic acids is 1. The van der Waals surface area contributed by atoms with E-state index in [0.717, 1.165) is 0 Å². The first-order valence-corrected chi connectivity index (χ1v) is 12.1. The Balaban J connectivity index is 5.38. The van der Waals surface area contributed by atoms with E-state index in [9.17, 15) is 29.4 Å². The maximum atomic E-state index is 12.9. The predicted molar refractivity (Wildman–Crippen MR) is 124 cm³/mol. The van der Waals surface area contributed by atoms with Crippen LogP contribution in [0.3, 0.4) is 0 Å². The Morgan fingerprint density at radius 1 is 0.906 bits per heavy atom. The van der Waals surface area contributed by atoms with Crippen LogP contribution in [0.4, 0.5) is 0 Å². The SMILES string of the molecule is CSCCC(NC(=O)C(NC(=O)C(CCCCN)NC(=O)C(N)C(C)O)C(C)C)C(=O)O. The van der Waals surface area contributed by atoms with E-state index < -0.39 is 54.0 Å². The molecule has 0 saturated carbocycles. The van der Waals surface area contributed by atoms with E-state index in [2.05, 4.69) is 16.0 Å². The van der Waals surface area contributed by atoms with Gasteiger partial charge in [-0.3, -0.25) is 14.4 Å². The molecule has 0 radical (unpaired) electrons. The number of carbonyl (C=O) groups excluding carboxylic acids is 3. The quantitative estimate of drug-likeness (QED) is 0.133. The van der Waals surface area contributed by atoms with E-state index in [-0.39, 0.29) is 18.8 Å². The van der Waals surface area contributed by atoms with Gasteiger partial charge in [0, 0.05) is 0 Å². The molecule has 0 fully saturated rings. The maximum absolute atomic E-state index is 12.9. The number of carbonyl (C=O) groups is 4. The Kier molecular flexibility index (Phi) is 14.9. The topological polar surface area (TPSA) is 197 Å². The first-order valence-electron chi connectivity index (χ1n) is 10.7. The number of nitrogens with two attached hydrogens (primary N) is 2. The van der Waals surface area contributed by atoms with Crippen LogP contribution >= 0.6 is 11.8 Å². The summed E-state index contributed by atoms with van der Waals surface area (Å²) in [7, 11) is 0. The Bertz CT molecular complexity index is 619. The van der Waals surface area contributed by atoms with Crippen LogP contribution in [0.1, 0.15) is 46.5 Å². The molecule has 0 saturated heterocycles. The standard InChI is InChI=1S/C20H39N5O6S/c1-11(2)16(19(29)24-14(20(30)31)8-10-32-4)25-17(27)13(7-5-6-9-21)23-18(28)15(22)12(3)26/h11-16,26H,5-10,21-22H2,1-4H3,(H,23,28)(H,24,29)(H,25,27)(H,30,31).